The highest BCUT2D eigenvalue weighted by atomic mass is 16.2. The van der Waals surface area contributed by atoms with Gasteiger partial charge in [-0.3, -0.25) is 9.59 Å². The highest BCUT2D eigenvalue weighted by molar-refractivity contribution is 5.93. The van der Waals surface area contributed by atoms with Gasteiger partial charge in [-0.15, -0.1) is 0 Å². The van der Waals surface area contributed by atoms with Crippen LogP contribution in [0, 0.1) is 11.3 Å². The first-order valence-electron chi connectivity index (χ1n) is 11.5. The number of pyridine rings is 1. The third-order valence-corrected chi connectivity index (χ3v) is 5.71. The number of imidazole rings is 1. The summed E-state index contributed by atoms with van der Waals surface area (Å²) in [5.41, 5.74) is 3.35. The molecule has 2 amide bonds. The van der Waals surface area contributed by atoms with Gasteiger partial charge in [0.05, 0.1) is 29.1 Å². The zero-order valence-corrected chi connectivity index (χ0v) is 20.0. The quantitative estimate of drug-likeness (QED) is 0.502. The molecule has 0 saturated carbocycles. The lowest BCUT2D eigenvalue weighted by atomic mass is 10.2. The maximum atomic E-state index is 13.0. The minimum atomic E-state index is -0.141. The Morgan fingerprint density at radius 2 is 1.74 bits per heavy atom. The number of piperazine rings is 1. The molecule has 0 aliphatic carbocycles. The Balaban J connectivity index is 1.53. The summed E-state index contributed by atoms with van der Waals surface area (Å²) in [6.07, 6.45) is 3.24. The molecule has 10 heteroatoms. The second-order valence-corrected chi connectivity index (χ2v) is 8.67. The Morgan fingerprint density at radius 3 is 2.37 bits per heavy atom. The highest BCUT2D eigenvalue weighted by Gasteiger charge is 2.25. The Bertz CT molecular complexity index is 1250. The molecule has 0 radical (unpaired) electrons. The second kappa shape index (κ2) is 10.3. The van der Waals surface area contributed by atoms with Crippen molar-refractivity contribution in [2.45, 2.75) is 26.8 Å². The number of hydrogen-bond acceptors (Lipinski definition) is 7. The van der Waals surface area contributed by atoms with E-state index in [9.17, 15) is 9.59 Å². The van der Waals surface area contributed by atoms with E-state index in [4.69, 9.17) is 5.26 Å². The summed E-state index contributed by atoms with van der Waals surface area (Å²) in [7, 11) is 0. The molecular formula is C25H28N8O2. The van der Waals surface area contributed by atoms with Crippen molar-refractivity contribution in [1.82, 2.24) is 24.8 Å². The van der Waals surface area contributed by atoms with Gasteiger partial charge in [0, 0.05) is 57.1 Å². The van der Waals surface area contributed by atoms with E-state index in [1.165, 1.54) is 6.20 Å². The van der Waals surface area contributed by atoms with Crippen LogP contribution in [0.4, 0.5) is 17.2 Å². The van der Waals surface area contributed by atoms with E-state index in [0.717, 1.165) is 16.9 Å². The molecule has 1 aliphatic rings. The van der Waals surface area contributed by atoms with Crippen LogP contribution >= 0.6 is 0 Å². The molecular weight excluding hydrogens is 444 g/mol. The number of benzene rings is 1. The van der Waals surface area contributed by atoms with E-state index in [1.807, 2.05) is 32.0 Å². The molecule has 4 rings (SSSR count). The van der Waals surface area contributed by atoms with Gasteiger partial charge in [-0.1, -0.05) is 0 Å². The molecule has 35 heavy (non-hydrogen) atoms. The molecule has 3 aromatic rings. The second-order valence-electron chi connectivity index (χ2n) is 8.67. The predicted octanol–water partition coefficient (Wildman–Crippen LogP) is 3.21. The number of H-pyrrole nitrogens is 1. The van der Waals surface area contributed by atoms with Crippen LogP contribution in [0.1, 0.15) is 36.8 Å². The largest absolute Gasteiger partial charge is 0.382 e. The average Bonchev–Trinajstić information content (AvgIpc) is 3.34. The molecule has 180 valence electrons. The van der Waals surface area contributed by atoms with Gasteiger partial charge in [0.25, 0.3) is 5.91 Å². The molecule has 10 nitrogen and oxygen atoms in total. The summed E-state index contributed by atoms with van der Waals surface area (Å²) in [6.45, 7) is 7.66. The summed E-state index contributed by atoms with van der Waals surface area (Å²) in [6, 6.07) is 11.3. The molecule has 3 heterocycles. The summed E-state index contributed by atoms with van der Waals surface area (Å²) in [5.74, 6) is 1.05. The van der Waals surface area contributed by atoms with E-state index < -0.39 is 0 Å². The summed E-state index contributed by atoms with van der Waals surface area (Å²) >= 11 is 0. The van der Waals surface area contributed by atoms with Crippen LogP contribution in [-0.4, -0.2) is 68.8 Å². The van der Waals surface area contributed by atoms with Crippen molar-refractivity contribution >= 4 is 29.0 Å². The lowest BCUT2D eigenvalue weighted by Gasteiger charge is -2.33. The SMILES string of the molecule is CC(=O)N1CCN(C(=O)c2cnc(-c3cnc(Nc4ccc(C#N)cc4)cc3NC(C)C)[nH]2)CC1. The number of anilines is 3. The number of hydrogen-bond donors (Lipinski definition) is 3. The minimum Gasteiger partial charge on any atom is -0.382 e. The molecule has 2 aromatic heterocycles. The summed E-state index contributed by atoms with van der Waals surface area (Å²) < 4.78 is 0. The lowest BCUT2D eigenvalue weighted by Crippen LogP contribution is -2.50. The number of aromatic nitrogens is 3. The molecule has 1 aromatic carbocycles. The molecule has 1 saturated heterocycles. The lowest BCUT2D eigenvalue weighted by molar-refractivity contribution is -0.130. The maximum absolute atomic E-state index is 13.0. The molecule has 1 aliphatic heterocycles. The molecule has 0 atom stereocenters. The summed E-state index contributed by atoms with van der Waals surface area (Å²) in [5, 5.41) is 15.6. The Hall–Kier alpha value is -4.39. The van der Waals surface area contributed by atoms with Crippen molar-refractivity contribution in [2.75, 3.05) is 36.8 Å². The Morgan fingerprint density at radius 1 is 1.06 bits per heavy atom. The van der Waals surface area contributed by atoms with Gasteiger partial charge in [-0.25, -0.2) is 9.97 Å². The van der Waals surface area contributed by atoms with Gasteiger partial charge in [0.2, 0.25) is 5.91 Å². The van der Waals surface area contributed by atoms with Crippen molar-refractivity contribution in [1.29, 1.82) is 5.26 Å². The van der Waals surface area contributed by atoms with E-state index in [-0.39, 0.29) is 17.9 Å². The number of carbonyl (C=O) groups is 2. The average molecular weight is 473 g/mol. The maximum Gasteiger partial charge on any atom is 0.272 e. The third kappa shape index (κ3) is 5.58. The van der Waals surface area contributed by atoms with E-state index in [0.29, 0.717) is 49.1 Å². The minimum absolute atomic E-state index is 0.0238. The first-order valence-corrected chi connectivity index (χ1v) is 11.5. The van der Waals surface area contributed by atoms with Crippen molar-refractivity contribution in [3.8, 4) is 17.5 Å². The van der Waals surface area contributed by atoms with Crippen LogP contribution < -0.4 is 10.6 Å². The van der Waals surface area contributed by atoms with Crippen LogP contribution in [0.5, 0.6) is 0 Å². The third-order valence-electron chi connectivity index (χ3n) is 5.71. The molecule has 0 unspecified atom stereocenters. The van der Waals surface area contributed by atoms with Gasteiger partial charge in [-0.05, 0) is 38.1 Å². The topological polar surface area (TPSA) is 130 Å². The molecule has 0 bridgehead atoms. The smallest absolute Gasteiger partial charge is 0.272 e. The van der Waals surface area contributed by atoms with Crippen LogP contribution in [-0.2, 0) is 4.79 Å². The fourth-order valence-corrected chi connectivity index (χ4v) is 3.88. The molecule has 3 N–H and O–H groups in total. The van der Waals surface area contributed by atoms with Crippen LogP contribution in [0.25, 0.3) is 11.4 Å². The molecule has 1 fully saturated rings. The number of nitrogens with one attached hydrogen (secondary N) is 3. The highest BCUT2D eigenvalue weighted by Crippen LogP contribution is 2.29. The predicted molar refractivity (Wildman–Crippen MR) is 133 cm³/mol. The fraction of sp³-hybridized carbons (Fsp3) is 0.320. The number of amides is 2. The van der Waals surface area contributed by atoms with Gasteiger partial charge in [0.1, 0.15) is 17.3 Å². The van der Waals surface area contributed by atoms with Crippen LogP contribution in [0.15, 0.2) is 42.7 Å². The van der Waals surface area contributed by atoms with Crippen LogP contribution in [0.2, 0.25) is 0 Å². The zero-order valence-electron chi connectivity index (χ0n) is 20.0. The van der Waals surface area contributed by atoms with Crippen molar-refractivity contribution in [3.63, 3.8) is 0 Å². The van der Waals surface area contributed by atoms with Gasteiger partial charge in [0.15, 0.2) is 0 Å². The normalized spacial score (nSPS) is 13.5. The number of nitrogens with zero attached hydrogens (tertiary/aromatic N) is 5. The Labute approximate surface area is 204 Å². The molecule has 0 spiro atoms. The fourth-order valence-electron chi connectivity index (χ4n) is 3.88. The number of aromatic amines is 1. The van der Waals surface area contributed by atoms with E-state index in [2.05, 4.69) is 31.7 Å². The van der Waals surface area contributed by atoms with Crippen LogP contribution in [0.3, 0.4) is 0 Å². The van der Waals surface area contributed by atoms with Crippen molar-refractivity contribution < 1.29 is 9.59 Å². The van der Waals surface area contributed by atoms with E-state index in [1.54, 1.807) is 35.1 Å². The first-order chi connectivity index (χ1) is 16.8. The monoisotopic (exact) mass is 472 g/mol. The van der Waals surface area contributed by atoms with E-state index >= 15 is 0 Å². The number of carbonyl (C=O) groups excluding carboxylic acids is 2. The van der Waals surface area contributed by atoms with Gasteiger partial charge >= 0.3 is 0 Å². The zero-order chi connectivity index (χ0) is 24.9. The first kappa shape index (κ1) is 23.8. The van der Waals surface area contributed by atoms with Gasteiger partial charge < -0.3 is 25.4 Å². The van der Waals surface area contributed by atoms with Gasteiger partial charge in [-0.2, -0.15) is 5.26 Å². The Kier molecular flexibility index (Phi) is 6.96. The number of nitriles is 1. The standard InChI is InChI=1S/C25H28N8O2/c1-16(2)29-21-12-23(30-19-6-4-18(13-26)5-7-19)27-14-20(21)24-28-15-22(31-24)25(35)33-10-8-32(9-11-33)17(3)34/h4-7,12,14-16H,8-11H2,1-3H3,(H,28,31)(H2,27,29,30). The van der Waals surface area contributed by atoms with Crippen molar-refractivity contribution in [3.05, 3.63) is 54.0 Å². The number of rotatable bonds is 6. The summed E-state index contributed by atoms with van der Waals surface area (Å²) in [4.78, 5) is 40.1. The van der Waals surface area contributed by atoms with Crippen molar-refractivity contribution in [2.24, 2.45) is 0 Å².